The molecule has 0 aliphatic heterocycles. The lowest BCUT2D eigenvalue weighted by Crippen LogP contribution is -2.34. The van der Waals surface area contributed by atoms with E-state index in [2.05, 4.69) is 15.4 Å². The molecule has 0 aromatic carbocycles. The minimum atomic E-state index is -0.498. The summed E-state index contributed by atoms with van der Waals surface area (Å²) in [7, 11) is 1.85. The Morgan fingerprint density at radius 2 is 2.20 bits per heavy atom. The Hall–Kier alpha value is -2.51. The van der Waals surface area contributed by atoms with Crippen molar-refractivity contribution in [2.45, 2.75) is 19.9 Å². The number of hydrogen-bond acceptors (Lipinski definition) is 5. The first-order chi connectivity index (χ1) is 9.54. The van der Waals surface area contributed by atoms with Crippen molar-refractivity contribution in [3.63, 3.8) is 0 Å². The lowest BCUT2D eigenvalue weighted by molar-refractivity contribution is 0.701. The molecule has 0 atom stereocenters. The number of H-pyrrole nitrogens is 1. The average molecular weight is 278 g/mol. The molecule has 8 heteroatoms. The molecule has 0 unspecified atom stereocenters. The van der Waals surface area contributed by atoms with E-state index in [0.717, 1.165) is 5.69 Å². The molecule has 0 bridgehead atoms. The van der Waals surface area contributed by atoms with Crippen LogP contribution >= 0.6 is 0 Å². The lowest BCUT2D eigenvalue weighted by Gasteiger charge is -2.12. The number of aryl methyl sites for hydroxylation is 1. The van der Waals surface area contributed by atoms with Crippen LogP contribution in [0, 0.1) is 0 Å². The van der Waals surface area contributed by atoms with E-state index >= 15 is 0 Å². The Balaban J connectivity index is 2.16. The van der Waals surface area contributed by atoms with Crippen LogP contribution in [0.5, 0.6) is 0 Å². The van der Waals surface area contributed by atoms with E-state index in [4.69, 9.17) is 5.73 Å². The van der Waals surface area contributed by atoms with Gasteiger partial charge in [-0.1, -0.05) is 0 Å². The van der Waals surface area contributed by atoms with Crippen LogP contribution < -0.4 is 22.3 Å². The smallest absolute Gasteiger partial charge is 0.330 e. The summed E-state index contributed by atoms with van der Waals surface area (Å²) in [5.74, 6) is 0.159. The Labute approximate surface area is 115 Å². The third kappa shape index (κ3) is 2.58. The molecule has 2 aromatic rings. The van der Waals surface area contributed by atoms with Crippen LogP contribution in [0.2, 0.25) is 0 Å². The van der Waals surface area contributed by atoms with E-state index in [0.29, 0.717) is 19.5 Å². The molecule has 0 spiro atoms. The first kappa shape index (κ1) is 13.9. The highest BCUT2D eigenvalue weighted by atomic mass is 16.2. The monoisotopic (exact) mass is 278 g/mol. The molecule has 0 aliphatic rings. The van der Waals surface area contributed by atoms with Crippen molar-refractivity contribution >= 4 is 11.5 Å². The number of nitrogens with two attached hydrogens (primary N) is 1. The fraction of sp³-hybridized carbons (Fsp3) is 0.417. The average Bonchev–Trinajstić information content (AvgIpc) is 2.79. The quantitative estimate of drug-likeness (QED) is 0.684. The molecule has 0 amide bonds. The molecular weight excluding hydrogens is 260 g/mol. The van der Waals surface area contributed by atoms with E-state index in [9.17, 15) is 9.59 Å². The van der Waals surface area contributed by atoms with Gasteiger partial charge in [0.2, 0.25) is 0 Å². The third-order valence-corrected chi connectivity index (χ3v) is 3.16. The molecule has 2 aromatic heterocycles. The Bertz CT molecular complexity index is 711. The fourth-order valence-electron chi connectivity index (χ4n) is 2.03. The van der Waals surface area contributed by atoms with E-state index in [1.807, 2.05) is 13.1 Å². The molecule has 0 fully saturated rings. The van der Waals surface area contributed by atoms with E-state index < -0.39 is 11.2 Å². The van der Waals surface area contributed by atoms with Crippen molar-refractivity contribution in [3.05, 3.63) is 38.8 Å². The van der Waals surface area contributed by atoms with Crippen LogP contribution in [0.15, 0.2) is 21.9 Å². The van der Waals surface area contributed by atoms with Crippen LogP contribution in [0.25, 0.3) is 0 Å². The molecule has 0 saturated heterocycles. The van der Waals surface area contributed by atoms with Gasteiger partial charge in [0.15, 0.2) is 0 Å². The van der Waals surface area contributed by atoms with Gasteiger partial charge in [0.25, 0.3) is 5.56 Å². The van der Waals surface area contributed by atoms with Gasteiger partial charge in [0.05, 0.1) is 0 Å². The summed E-state index contributed by atoms with van der Waals surface area (Å²) in [6.45, 7) is 2.71. The summed E-state index contributed by atoms with van der Waals surface area (Å²) in [5, 5.41) is 7.05. The van der Waals surface area contributed by atoms with Gasteiger partial charge >= 0.3 is 5.69 Å². The molecule has 2 rings (SSSR count). The maximum absolute atomic E-state index is 11.8. The van der Waals surface area contributed by atoms with Crippen molar-refractivity contribution in [1.82, 2.24) is 19.3 Å². The Morgan fingerprint density at radius 1 is 1.45 bits per heavy atom. The van der Waals surface area contributed by atoms with Crippen LogP contribution in [0.3, 0.4) is 0 Å². The predicted molar refractivity (Wildman–Crippen MR) is 76.8 cm³/mol. The van der Waals surface area contributed by atoms with Crippen molar-refractivity contribution in [1.29, 1.82) is 0 Å². The zero-order valence-corrected chi connectivity index (χ0v) is 11.5. The van der Waals surface area contributed by atoms with Crippen molar-refractivity contribution in [2.75, 3.05) is 17.6 Å². The molecule has 0 radical (unpaired) electrons. The predicted octanol–water partition coefficient (Wildman–Crippen LogP) is -0.473. The van der Waals surface area contributed by atoms with E-state index in [1.54, 1.807) is 17.8 Å². The summed E-state index contributed by atoms with van der Waals surface area (Å²) >= 11 is 0. The number of aromatic nitrogens is 4. The summed E-state index contributed by atoms with van der Waals surface area (Å²) in [6.07, 6.45) is 2.41. The molecular formula is C12H18N6O2. The number of aromatic amines is 1. The maximum Gasteiger partial charge on any atom is 0.330 e. The van der Waals surface area contributed by atoms with E-state index in [-0.39, 0.29) is 11.5 Å². The maximum atomic E-state index is 11.8. The normalized spacial score (nSPS) is 10.7. The molecule has 0 aliphatic carbocycles. The van der Waals surface area contributed by atoms with Gasteiger partial charge in [0, 0.05) is 38.4 Å². The van der Waals surface area contributed by atoms with Gasteiger partial charge in [-0.15, -0.1) is 0 Å². The van der Waals surface area contributed by atoms with Gasteiger partial charge in [-0.2, -0.15) is 5.10 Å². The highest BCUT2D eigenvalue weighted by Crippen LogP contribution is 2.09. The molecule has 8 nitrogen and oxygen atoms in total. The third-order valence-electron chi connectivity index (χ3n) is 3.16. The van der Waals surface area contributed by atoms with Crippen molar-refractivity contribution < 1.29 is 0 Å². The summed E-state index contributed by atoms with van der Waals surface area (Å²) in [6, 6.07) is 1.90. The molecule has 108 valence electrons. The number of hydrogen-bond donors (Lipinski definition) is 3. The van der Waals surface area contributed by atoms with Crippen molar-refractivity contribution in [3.8, 4) is 0 Å². The largest absolute Gasteiger partial charge is 0.383 e. The first-order valence-corrected chi connectivity index (χ1v) is 6.38. The second-order valence-electron chi connectivity index (χ2n) is 4.39. The number of nitrogen functional groups attached to an aromatic ring is 1. The molecule has 4 N–H and O–H groups in total. The lowest BCUT2D eigenvalue weighted by atomic mass is 10.3. The minimum Gasteiger partial charge on any atom is -0.383 e. The first-order valence-electron chi connectivity index (χ1n) is 6.38. The number of nitrogens with one attached hydrogen (secondary N) is 2. The minimum absolute atomic E-state index is 0.159. The number of nitrogens with zero attached hydrogens (tertiary/aromatic N) is 3. The fourth-order valence-corrected chi connectivity index (χ4v) is 2.03. The standard InChI is InChI=1S/C12H18N6O2/c1-3-18-10(13)9(11(19)16-12(18)20)14-6-4-8-5-7-15-17(8)2/h5,7,14H,3-4,6,13H2,1-2H3,(H,16,19,20). The second-order valence-corrected chi connectivity index (χ2v) is 4.39. The Kier molecular flexibility index (Phi) is 3.92. The SMILES string of the molecule is CCn1c(N)c(NCCc2ccnn2C)c(=O)[nH]c1=O. The zero-order chi connectivity index (χ0) is 14.7. The van der Waals surface area contributed by atoms with E-state index in [1.165, 1.54) is 4.57 Å². The van der Waals surface area contributed by atoms with Crippen LogP contribution in [0.1, 0.15) is 12.6 Å². The van der Waals surface area contributed by atoms with Crippen LogP contribution in [-0.2, 0) is 20.0 Å². The summed E-state index contributed by atoms with van der Waals surface area (Å²) in [5.41, 5.74) is 6.12. The van der Waals surface area contributed by atoms with Gasteiger partial charge in [0.1, 0.15) is 11.5 Å². The van der Waals surface area contributed by atoms with Crippen molar-refractivity contribution in [2.24, 2.45) is 7.05 Å². The summed E-state index contributed by atoms with van der Waals surface area (Å²) < 4.78 is 3.08. The van der Waals surface area contributed by atoms with Crippen LogP contribution in [0.4, 0.5) is 11.5 Å². The highest BCUT2D eigenvalue weighted by molar-refractivity contribution is 5.60. The van der Waals surface area contributed by atoms with Crippen LogP contribution in [-0.4, -0.2) is 25.9 Å². The molecule has 2 heterocycles. The highest BCUT2D eigenvalue weighted by Gasteiger charge is 2.10. The second kappa shape index (κ2) is 5.64. The topological polar surface area (TPSA) is 111 Å². The van der Waals surface area contributed by atoms with Gasteiger partial charge in [-0.25, -0.2) is 4.79 Å². The van der Waals surface area contributed by atoms with Gasteiger partial charge < -0.3 is 11.1 Å². The number of anilines is 2. The molecule has 20 heavy (non-hydrogen) atoms. The zero-order valence-electron chi connectivity index (χ0n) is 11.5. The Morgan fingerprint density at radius 3 is 2.80 bits per heavy atom. The summed E-state index contributed by atoms with van der Waals surface area (Å²) in [4.78, 5) is 25.5. The van der Waals surface area contributed by atoms with Gasteiger partial charge in [-0.3, -0.25) is 19.0 Å². The number of rotatable bonds is 5. The molecule has 0 saturated carbocycles. The van der Waals surface area contributed by atoms with Gasteiger partial charge in [-0.05, 0) is 13.0 Å².